The second kappa shape index (κ2) is 10.9. The number of hydrogen-bond donors (Lipinski definition) is 0. The van der Waals surface area contributed by atoms with Crippen LogP contribution in [-0.2, 0) is 9.53 Å². The molecular weight excluding hydrogens is 605 g/mol. The van der Waals surface area contributed by atoms with E-state index in [1.807, 2.05) is 19.9 Å². The SMILES string of the molecule is Cc1cc(OCCCCCCOC(=O)C(C)(I)CI)c2c(C)c(F)c(=O)oc2c1. The van der Waals surface area contributed by atoms with Crippen LogP contribution in [0.1, 0.15) is 43.7 Å². The molecule has 0 amide bonds. The Labute approximate surface area is 197 Å². The highest BCUT2D eigenvalue weighted by Crippen LogP contribution is 2.30. The van der Waals surface area contributed by atoms with Crippen molar-refractivity contribution in [1.29, 1.82) is 0 Å². The molecule has 0 aliphatic rings. The van der Waals surface area contributed by atoms with Crippen molar-refractivity contribution in [3.05, 3.63) is 39.5 Å². The fourth-order valence-electron chi connectivity index (χ4n) is 2.80. The number of esters is 1. The Bertz CT molecular complexity index is 923. The summed E-state index contributed by atoms with van der Waals surface area (Å²) in [7, 11) is 0. The molecule has 0 aliphatic carbocycles. The van der Waals surface area contributed by atoms with Crippen LogP contribution in [-0.4, -0.2) is 27.0 Å². The van der Waals surface area contributed by atoms with E-state index in [0.717, 1.165) is 31.2 Å². The van der Waals surface area contributed by atoms with E-state index >= 15 is 0 Å². The van der Waals surface area contributed by atoms with Gasteiger partial charge in [0.1, 0.15) is 14.8 Å². The molecule has 2 rings (SSSR count). The second-order valence-electron chi connectivity index (χ2n) is 7.19. The van der Waals surface area contributed by atoms with Gasteiger partial charge in [-0.15, -0.1) is 0 Å². The third-order valence-electron chi connectivity index (χ3n) is 4.50. The zero-order chi connectivity index (χ0) is 21.6. The van der Waals surface area contributed by atoms with E-state index in [1.165, 1.54) is 0 Å². The first-order chi connectivity index (χ1) is 13.7. The molecule has 0 spiro atoms. The minimum atomic E-state index is -0.964. The molecule has 29 heavy (non-hydrogen) atoms. The van der Waals surface area contributed by atoms with Gasteiger partial charge in [-0.25, -0.2) is 4.79 Å². The molecule has 0 bridgehead atoms. The van der Waals surface area contributed by atoms with E-state index < -0.39 is 14.9 Å². The molecule has 0 N–H and O–H groups in total. The van der Waals surface area contributed by atoms with Crippen molar-refractivity contribution >= 4 is 62.1 Å². The molecule has 0 radical (unpaired) electrons. The van der Waals surface area contributed by atoms with Crippen LogP contribution in [0.3, 0.4) is 0 Å². The zero-order valence-electron chi connectivity index (χ0n) is 16.8. The Kier molecular flexibility index (Phi) is 9.17. The number of ether oxygens (including phenoxy) is 2. The monoisotopic (exact) mass is 630 g/mol. The predicted molar refractivity (Wildman–Crippen MR) is 128 cm³/mol. The van der Waals surface area contributed by atoms with Crippen LogP contribution in [0.2, 0.25) is 0 Å². The van der Waals surface area contributed by atoms with Gasteiger partial charge in [0.15, 0.2) is 0 Å². The minimum absolute atomic E-state index is 0.170. The molecule has 0 saturated carbocycles. The molecular formula is C21H25FI2O5. The number of fused-ring (bicyclic) bond motifs is 1. The molecule has 1 unspecified atom stereocenters. The maximum absolute atomic E-state index is 14.0. The highest BCUT2D eigenvalue weighted by Gasteiger charge is 2.29. The predicted octanol–water partition coefficient (Wildman–Crippen LogP) is 5.66. The van der Waals surface area contributed by atoms with E-state index in [4.69, 9.17) is 13.9 Å². The Morgan fingerprint density at radius 3 is 2.48 bits per heavy atom. The zero-order valence-corrected chi connectivity index (χ0v) is 21.1. The van der Waals surface area contributed by atoms with Crippen LogP contribution in [0.25, 0.3) is 11.0 Å². The van der Waals surface area contributed by atoms with Gasteiger partial charge in [0.05, 0.1) is 18.6 Å². The molecule has 1 aromatic carbocycles. The fourth-order valence-corrected chi connectivity index (χ4v) is 3.27. The lowest BCUT2D eigenvalue weighted by molar-refractivity contribution is -0.144. The van der Waals surface area contributed by atoms with Gasteiger partial charge in [-0.3, -0.25) is 4.79 Å². The number of rotatable bonds is 10. The lowest BCUT2D eigenvalue weighted by Crippen LogP contribution is -2.32. The van der Waals surface area contributed by atoms with Crippen LogP contribution in [0, 0.1) is 19.7 Å². The molecule has 160 valence electrons. The summed E-state index contributed by atoms with van der Waals surface area (Å²) in [5.74, 6) is -0.531. The number of carbonyl (C=O) groups excluding carboxylic acids is 1. The standard InChI is InChI=1S/C21H25FI2O5/c1-13-10-15(17-14(2)18(22)19(25)29-16(17)11-13)27-8-6-4-5-7-9-28-20(26)21(3,24)12-23/h10-11H,4-9,12H2,1-3H3. The number of benzene rings is 1. The molecule has 0 fully saturated rings. The molecule has 2 aromatic rings. The summed E-state index contributed by atoms with van der Waals surface area (Å²) in [6.45, 7) is 6.18. The Morgan fingerprint density at radius 2 is 1.83 bits per heavy atom. The topological polar surface area (TPSA) is 65.7 Å². The smallest absolute Gasteiger partial charge is 0.372 e. The number of unbranched alkanes of at least 4 members (excludes halogenated alkanes) is 3. The molecule has 5 nitrogen and oxygen atoms in total. The first-order valence-corrected chi connectivity index (χ1v) is 12.1. The third-order valence-corrected chi connectivity index (χ3v) is 8.31. The van der Waals surface area contributed by atoms with E-state index in [1.54, 1.807) is 13.0 Å². The van der Waals surface area contributed by atoms with Crippen molar-refractivity contribution in [3.63, 3.8) is 0 Å². The van der Waals surface area contributed by atoms with Gasteiger partial charge in [0.25, 0.3) is 0 Å². The van der Waals surface area contributed by atoms with Crippen molar-refractivity contribution in [3.8, 4) is 5.75 Å². The van der Waals surface area contributed by atoms with E-state index in [9.17, 15) is 14.0 Å². The number of hydrogen-bond acceptors (Lipinski definition) is 5. The average molecular weight is 630 g/mol. The quantitative estimate of drug-likeness (QED) is 0.112. The van der Waals surface area contributed by atoms with Crippen molar-refractivity contribution in [1.82, 2.24) is 0 Å². The van der Waals surface area contributed by atoms with Crippen molar-refractivity contribution in [2.45, 2.75) is 49.9 Å². The molecule has 8 heteroatoms. The molecule has 0 aliphatic heterocycles. The van der Waals surface area contributed by atoms with Crippen molar-refractivity contribution in [2.75, 3.05) is 17.6 Å². The minimum Gasteiger partial charge on any atom is -0.493 e. The van der Waals surface area contributed by atoms with Gasteiger partial charge in [-0.05, 0) is 64.2 Å². The van der Waals surface area contributed by atoms with Crippen LogP contribution >= 0.6 is 45.2 Å². The van der Waals surface area contributed by atoms with Gasteiger partial charge in [0.2, 0.25) is 5.82 Å². The summed E-state index contributed by atoms with van der Waals surface area (Å²) in [5.41, 5.74) is 0.479. The number of aryl methyl sites for hydroxylation is 2. The number of halogens is 3. The lowest BCUT2D eigenvalue weighted by atomic mass is 10.1. The Hall–Kier alpha value is -0.910. The van der Waals surface area contributed by atoms with Crippen molar-refractivity contribution < 1.29 is 23.1 Å². The molecule has 1 heterocycles. The average Bonchev–Trinajstić information content (AvgIpc) is 2.67. The fraction of sp³-hybridized carbons (Fsp3) is 0.524. The summed E-state index contributed by atoms with van der Waals surface area (Å²) in [5, 5.41) is 0.497. The van der Waals surface area contributed by atoms with Gasteiger partial charge >= 0.3 is 11.6 Å². The first kappa shape index (κ1) is 24.4. The van der Waals surface area contributed by atoms with Crippen molar-refractivity contribution in [2.24, 2.45) is 0 Å². The van der Waals surface area contributed by atoms with E-state index in [-0.39, 0.29) is 11.5 Å². The number of alkyl halides is 2. The summed E-state index contributed by atoms with van der Waals surface area (Å²) < 4.78 is 30.4. The lowest BCUT2D eigenvalue weighted by Gasteiger charge is -2.17. The summed E-state index contributed by atoms with van der Waals surface area (Å²) in [6.07, 6.45) is 3.48. The first-order valence-electron chi connectivity index (χ1n) is 9.46. The second-order valence-corrected chi connectivity index (χ2v) is 10.3. The normalized spacial score (nSPS) is 13.3. The van der Waals surface area contributed by atoms with Crippen LogP contribution in [0.15, 0.2) is 21.3 Å². The van der Waals surface area contributed by atoms with Crippen LogP contribution in [0.5, 0.6) is 5.75 Å². The molecule has 1 atom stereocenters. The van der Waals surface area contributed by atoms with E-state index in [0.29, 0.717) is 34.4 Å². The van der Waals surface area contributed by atoms with Gasteiger partial charge in [-0.2, -0.15) is 4.39 Å². The Morgan fingerprint density at radius 1 is 1.17 bits per heavy atom. The van der Waals surface area contributed by atoms with Gasteiger partial charge < -0.3 is 13.9 Å². The van der Waals surface area contributed by atoms with Gasteiger partial charge in [0, 0.05) is 9.99 Å². The maximum Gasteiger partial charge on any atom is 0.372 e. The van der Waals surface area contributed by atoms with E-state index in [2.05, 4.69) is 45.2 Å². The largest absolute Gasteiger partial charge is 0.493 e. The Balaban J connectivity index is 1.81. The highest BCUT2D eigenvalue weighted by molar-refractivity contribution is 14.1. The van der Waals surface area contributed by atoms with Gasteiger partial charge in [-0.1, -0.05) is 45.2 Å². The highest BCUT2D eigenvalue weighted by atomic mass is 127. The summed E-state index contributed by atoms with van der Waals surface area (Å²) in [6, 6.07) is 3.53. The summed E-state index contributed by atoms with van der Waals surface area (Å²) >= 11 is 4.30. The number of carbonyl (C=O) groups is 1. The maximum atomic E-state index is 14.0. The molecule has 0 saturated heterocycles. The summed E-state index contributed by atoms with van der Waals surface area (Å²) in [4.78, 5) is 23.4. The van der Waals surface area contributed by atoms with Crippen LogP contribution < -0.4 is 10.4 Å². The third kappa shape index (κ3) is 6.53. The molecule has 1 aromatic heterocycles. The van der Waals surface area contributed by atoms with Crippen LogP contribution in [0.4, 0.5) is 4.39 Å².